The van der Waals surface area contributed by atoms with Gasteiger partial charge in [-0.1, -0.05) is 74.7 Å². The van der Waals surface area contributed by atoms with Crippen LogP contribution < -0.4 is 53.6 Å². The first-order valence-electron chi connectivity index (χ1n) is 22.8. The van der Waals surface area contributed by atoms with Crippen molar-refractivity contribution in [2.45, 2.75) is 175 Å². The number of nitrogens with one attached hydrogen (secondary N) is 9. The van der Waals surface area contributed by atoms with E-state index < -0.39 is 169 Å². The van der Waals surface area contributed by atoms with Gasteiger partial charge in [-0.3, -0.25) is 43.2 Å². The molecule has 25 nitrogen and oxygen atoms in total. The lowest BCUT2D eigenvalue weighted by molar-refractivity contribution is -0.145. The highest BCUT2D eigenvalue weighted by Gasteiger charge is 2.39. The van der Waals surface area contributed by atoms with Crippen molar-refractivity contribution in [1.82, 2.24) is 47.9 Å². The molecule has 0 rings (SSSR count). The highest BCUT2D eigenvalue weighted by atomic mass is 16.4. The average molecular weight is 975 g/mol. The van der Waals surface area contributed by atoms with Crippen molar-refractivity contribution < 1.29 is 73.5 Å². The standard InChI is InChI=1S/C43H78N10O15/c1-13-19(6)29(50-41(65)33(23(10)55)46-26(58)16-44)38(62)48-28(18(4)5)37(61)49-30(20(7)14-2)39(63)52-32(22(9)54)36(60)45-17-27(59)47-34(24(11)56)42(66)51-31(21(8)15-3)40(64)53-35(25(12)57)43(67)68/h18-25,28-35,54-57H,13-17,44H2,1-12H3,(H,45,60)(H,46,58)(H,47,59)(H,48,62)(H,49,61)(H,50,65)(H,51,66)(H,52,63)(H,53,64)(H,67,68)/t19-,20-,21-,22+,23+,24+,25+,28-,29-,30-,31-,32-,33-,34-,35-/m0/s1. The third-order valence-electron chi connectivity index (χ3n) is 11.5. The first-order chi connectivity index (χ1) is 31.5. The number of aliphatic hydroxyl groups is 4. The van der Waals surface area contributed by atoms with E-state index in [9.17, 15) is 73.5 Å². The molecule has 0 aliphatic heterocycles. The Bertz CT molecular complexity index is 1730. The molecule has 0 saturated carbocycles. The van der Waals surface area contributed by atoms with Crippen molar-refractivity contribution in [3.63, 3.8) is 0 Å². The van der Waals surface area contributed by atoms with Gasteiger partial charge < -0.3 is 79.1 Å². The number of hydrogen-bond donors (Lipinski definition) is 15. The van der Waals surface area contributed by atoms with E-state index in [0.29, 0.717) is 19.3 Å². The molecule has 0 aromatic rings. The molecule has 25 heteroatoms. The highest BCUT2D eigenvalue weighted by Crippen LogP contribution is 2.15. The van der Waals surface area contributed by atoms with Crippen LogP contribution in [-0.4, -0.2) is 171 Å². The molecule has 0 saturated heterocycles. The summed E-state index contributed by atoms with van der Waals surface area (Å²) in [6, 6.07) is -11.8. The van der Waals surface area contributed by atoms with Gasteiger partial charge in [0.05, 0.1) is 37.5 Å². The number of nitrogens with two attached hydrogens (primary N) is 1. The van der Waals surface area contributed by atoms with Gasteiger partial charge in [0.25, 0.3) is 0 Å². The summed E-state index contributed by atoms with van der Waals surface area (Å²) in [5.41, 5.74) is 5.34. The summed E-state index contributed by atoms with van der Waals surface area (Å²) in [6.07, 6.45) is -4.97. The van der Waals surface area contributed by atoms with Gasteiger partial charge in [0.15, 0.2) is 6.04 Å². The van der Waals surface area contributed by atoms with Crippen LogP contribution in [0.1, 0.15) is 102 Å². The molecule has 0 bridgehead atoms. The SMILES string of the molecule is CC[C@H](C)[C@H](NC(=O)[C@@H](NC(=O)[C@@H](NC(=O)[C@@H](NC(=O)CN)[C@@H](C)O)[C@@H](C)CC)C(C)C)C(=O)N[C@H](C(=O)NCC(=O)N[C@H](C(=O)N[C@H](C(=O)N[C@H](C(=O)O)[C@@H](C)O)[C@@H](C)CC)[C@@H](C)O)[C@@H](C)O. The fourth-order valence-corrected chi connectivity index (χ4v) is 6.44. The van der Waals surface area contributed by atoms with Crippen LogP contribution >= 0.6 is 0 Å². The average Bonchev–Trinajstić information content (AvgIpc) is 3.26. The Morgan fingerprint density at radius 3 is 0.941 bits per heavy atom. The minimum absolute atomic E-state index is 0.319. The second kappa shape index (κ2) is 30.1. The Morgan fingerprint density at radius 1 is 0.382 bits per heavy atom. The Labute approximate surface area is 397 Å². The molecule has 0 spiro atoms. The van der Waals surface area contributed by atoms with Crippen molar-refractivity contribution in [3.8, 4) is 0 Å². The topological polar surface area (TPSA) is 406 Å². The Balaban J connectivity index is 6.16. The third-order valence-corrected chi connectivity index (χ3v) is 11.5. The van der Waals surface area contributed by atoms with Crippen LogP contribution in [-0.2, 0) is 47.9 Å². The molecule has 0 fully saturated rings. The fourth-order valence-electron chi connectivity index (χ4n) is 6.44. The van der Waals surface area contributed by atoms with Gasteiger partial charge in [-0.2, -0.15) is 0 Å². The van der Waals surface area contributed by atoms with Gasteiger partial charge in [-0.05, 0) is 51.4 Å². The van der Waals surface area contributed by atoms with Gasteiger partial charge in [0, 0.05) is 0 Å². The summed E-state index contributed by atoms with van der Waals surface area (Å²) in [5.74, 6) is -12.0. The van der Waals surface area contributed by atoms with Crippen LogP contribution in [0.3, 0.4) is 0 Å². The van der Waals surface area contributed by atoms with Crippen LogP contribution in [0.5, 0.6) is 0 Å². The first-order valence-corrected chi connectivity index (χ1v) is 22.8. The second-order valence-electron chi connectivity index (χ2n) is 17.6. The van der Waals surface area contributed by atoms with Crippen LogP contribution in [0.4, 0.5) is 0 Å². The summed E-state index contributed by atoms with van der Waals surface area (Å²) in [5, 5.41) is 71.9. The molecule has 0 aromatic heterocycles. The number of carboxylic acids is 1. The molecule has 0 heterocycles. The molecule has 0 unspecified atom stereocenters. The van der Waals surface area contributed by atoms with E-state index in [0.717, 1.165) is 13.8 Å². The Kier molecular flexibility index (Phi) is 27.7. The van der Waals surface area contributed by atoms with E-state index in [1.165, 1.54) is 13.8 Å². The van der Waals surface area contributed by atoms with Crippen molar-refractivity contribution in [3.05, 3.63) is 0 Å². The maximum Gasteiger partial charge on any atom is 0.328 e. The van der Waals surface area contributed by atoms with E-state index >= 15 is 0 Å². The quantitative estimate of drug-likeness (QED) is 0.0322. The predicted molar refractivity (Wildman–Crippen MR) is 245 cm³/mol. The fraction of sp³-hybridized carbons (Fsp3) is 0.767. The van der Waals surface area contributed by atoms with Crippen LogP contribution in [0.25, 0.3) is 0 Å². The Hall–Kier alpha value is -5.50. The third kappa shape index (κ3) is 20.0. The smallest absolute Gasteiger partial charge is 0.328 e. The number of amides is 9. The number of hydrogen-bond acceptors (Lipinski definition) is 15. The molecule has 0 aliphatic rings. The molecule has 390 valence electrons. The molecular weight excluding hydrogens is 897 g/mol. The summed E-state index contributed by atoms with van der Waals surface area (Å²) >= 11 is 0. The normalized spacial score (nSPS) is 18.0. The largest absolute Gasteiger partial charge is 0.480 e. The molecule has 0 radical (unpaired) electrons. The number of carboxylic acid groups (broad SMARTS) is 1. The van der Waals surface area contributed by atoms with Gasteiger partial charge in [0.1, 0.15) is 42.3 Å². The lowest BCUT2D eigenvalue weighted by atomic mass is 9.94. The van der Waals surface area contributed by atoms with Crippen LogP contribution in [0, 0.1) is 23.7 Å². The maximum atomic E-state index is 13.9. The van der Waals surface area contributed by atoms with Crippen LogP contribution in [0.2, 0.25) is 0 Å². The van der Waals surface area contributed by atoms with Gasteiger partial charge in [0.2, 0.25) is 53.2 Å². The van der Waals surface area contributed by atoms with E-state index in [1.54, 1.807) is 55.4 Å². The van der Waals surface area contributed by atoms with Crippen molar-refractivity contribution >= 4 is 59.1 Å². The van der Waals surface area contributed by atoms with E-state index in [2.05, 4.69) is 47.9 Å². The number of aliphatic carboxylic acids is 1. The van der Waals surface area contributed by atoms with Crippen LogP contribution in [0.15, 0.2) is 0 Å². The van der Waals surface area contributed by atoms with E-state index in [1.807, 2.05) is 0 Å². The monoisotopic (exact) mass is 975 g/mol. The maximum absolute atomic E-state index is 13.9. The second-order valence-corrected chi connectivity index (χ2v) is 17.6. The summed E-state index contributed by atoms with van der Waals surface area (Å²) in [4.78, 5) is 131. The molecule has 0 aromatic carbocycles. The first kappa shape index (κ1) is 62.5. The minimum Gasteiger partial charge on any atom is -0.480 e. The molecule has 16 N–H and O–H groups in total. The number of rotatable bonds is 30. The molecule has 15 atom stereocenters. The van der Waals surface area contributed by atoms with Crippen molar-refractivity contribution in [2.24, 2.45) is 29.4 Å². The van der Waals surface area contributed by atoms with Gasteiger partial charge >= 0.3 is 5.97 Å². The van der Waals surface area contributed by atoms with Gasteiger partial charge in [-0.15, -0.1) is 0 Å². The highest BCUT2D eigenvalue weighted by molar-refractivity contribution is 5.98. The Morgan fingerprint density at radius 2 is 0.647 bits per heavy atom. The van der Waals surface area contributed by atoms with Crippen molar-refractivity contribution in [1.29, 1.82) is 0 Å². The number of carbonyl (C=O) groups excluding carboxylic acids is 9. The summed E-state index contributed by atoms with van der Waals surface area (Å²) in [7, 11) is 0. The number of carbonyl (C=O) groups is 10. The zero-order chi connectivity index (χ0) is 52.9. The van der Waals surface area contributed by atoms with Crippen molar-refractivity contribution in [2.75, 3.05) is 13.1 Å². The molecule has 68 heavy (non-hydrogen) atoms. The molecular formula is C43H78N10O15. The molecule has 9 amide bonds. The predicted octanol–water partition coefficient (Wildman–Crippen LogP) is -4.66. The van der Waals surface area contributed by atoms with E-state index in [-0.39, 0.29) is 0 Å². The summed E-state index contributed by atoms with van der Waals surface area (Å²) < 4.78 is 0. The summed E-state index contributed by atoms with van der Waals surface area (Å²) in [6.45, 7) is 16.7. The van der Waals surface area contributed by atoms with Gasteiger partial charge in [-0.25, -0.2) is 4.79 Å². The zero-order valence-electron chi connectivity index (χ0n) is 41.2. The lowest BCUT2D eigenvalue weighted by Crippen LogP contribution is -2.63. The minimum atomic E-state index is -1.71. The van der Waals surface area contributed by atoms with E-state index in [4.69, 9.17) is 5.73 Å². The number of aliphatic hydroxyl groups excluding tert-OH is 4. The zero-order valence-corrected chi connectivity index (χ0v) is 41.2. The lowest BCUT2D eigenvalue weighted by Gasteiger charge is -2.32. The molecule has 0 aliphatic carbocycles.